The quantitative estimate of drug-likeness (QED) is 0.499. The van der Waals surface area contributed by atoms with Gasteiger partial charge in [0.2, 0.25) is 5.89 Å². The SMILES string of the molecule is Cn1cnc2ncn(Cc3nn([C@H]4C[C@H](Oc5ccccc5)C4)c(=O)o3)c(=O)c21. The molecule has 1 aromatic carbocycles. The van der Waals surface area contributed by atoms with E-state index in [4.69, 9.17) is 9.15 Å². The fourth-order valence-electron chi connectivity index (χ4n) is 3.48. The summed E-state index contributed by atoms with van der Waals surface area (Å²) in [6.07, 6.45) is 4.28. The maximum Gasteiger partial charge on any atom is 0.437 e. The molecular weight excluding hydrogens is 376 g/mol. The molecular formula is C19H18N6O4. The monoisotopic (exact) mass is 394 g/mol. The van der Waals surface area contributed by atoms with Gasteiger partial charge in [0.15, 0.2) is 11.2 Å². The normalized spacial score (nSPS) is 18.7. The van der Waals surface area contributed by atoms with E-state index in [2.05, 4.69) is 15.1 Å². The second kappa shape index (κ2) is 6.73. The van der Waals surface area contributed by atoms with Crippen molar-refractivity contribution in [2.75, 3.05) is 0 Å². The van der Waals surface area contributed by atoms with E-state index in [1.54, 1.807) is 11.6 Å². The van der Waals surface area contributed by atoms with Crippen LogP contribution in [0.4, 0.5) is 0 Å². The molecule has 3 aromatic heterocycles. The topological polar surface area (TPSA) is 110 Å². The van der Waals surface area contributed by atoms with E-state index in [0.717, 1.165) is 5.75 Å². The van der Waals surface area contributed by atoms with E-state index in [0.29, 0.717) is 24.0 Å². The molecule has 0 spiro atoms. The third kappa shape index (κ3) is 3.12. The van der Waals surface area contributed by atoms with Crippen molar-refractivity contribution >= 4 is 11.2 Å². The van der Waals surface area contributed by atoms with Crippen molar-refractivity contribution in [2.45, 2.75) is 31.5 Å². The number of ether oxygens (including phenoxy) is 1. The van der Waals surface area contributed by atoms with Crippen LogP contribution >= 0.6 is 0 Å². The predicted octanol–water partition coefficient (Wildman–Crippen LogP) is 1.11. The first-order valence-electron chi connectivity index (χ1n) is 9.25. The van der Waals surface area contributed by atoms with Crippen LogP contribution in [-0.2, 0) is 13.6 Å². The maximum absolute atomic E-state index is 12.6. The van der Waals surface area contributed by atoms with E-state index in [1.807, 2.05) is 30.3 Å². The molecule has 0 bridgehead atoms. The summed E-state index contributed by atoms with van der Waals surface area (Å²) in [5, 5.41) is 4.27. The number of para-hydroxylation sites is 1. The van der Waals surface area contributed by atoms with Gasteiger partial charge in [-0.25, -0.2) is 14.8 Å². The zero-order chi connectivity index (χ0) is 20.0. The fraction of sp³-hybridized carbons (Fsp3) is 0.316. The van der Waals surface area contributed by atoms with Crippen LogP contribution in [0.5, 0.6) is 5.75 Å². The molecule has 4 aromatic rings. The van der Waals surface area contributed by atoms with Crippen molar-refractivity contribution in [3.8, 4) is 5.75 Å². The van der Waals surface area contributed by atoms with Crippen LogP contribution in [0.1, 0.15) is 24.8 Å². The maximum atomic E-state index is 12.6. The van der Waals surface area contributed by atoms with Crippen LogP contribution in [0.3, 0.4) is 0 Å². The Labute approximate surface area is 164 Å². The summed E-state index contributed by atoms with van der Waals surface area (Å²) in [7, 11) is 1.72. The van der Waals surface area contributed by atoms with Gasteiger partial charge in [-0.1, -0.05) is 18.2 Å². The Morgan fingerprint density at radius 2 is 1.90 bits per heavy atom. The Morgan fingerprint density at radius 1 is 1.14 bits per heavy atom. The minimum atomic E-state index is -0.536. The highest BCUT2D eigenvalue weighted by Crippen LogP contribution is 2.34. The molecule has 0 saturated heterocycles. The first-order chi connectivity index (χ1) is 14.1. The summed E-state index contributed by atoms with van der Waals surface area (Å²) < 4.78 is 15.4. The Bertz CT molecular complexity index is 1280. The van der Waals surface area contributed by atoms with Gasteiger partial charge in [0.25, 0.3) is 5.56 Å². The van der Waals surface area contributed by atoms with Gasteiger partial charge >= 0.3 is 5.76 Å². The lowest BCUT2D eigenvalue weighted by Crippen LogP contribution is -2.39. The lowest BCUT2D eigenvalue weighted by Gasteiger charge is -2.34. The Morgan fingerprint density at radius 3 is 2.69 bits per heavy atom. The first-order valence-corrected chi connectivity index (χ1v) is 9.25. The van der Waals surface area contributed by atoms with Crippen LogP contribution in [-0.4, -0.2) is 35.0 Å². The highest BCUT2D eigenvalue weighted by atomic mass is 16.5. The summed E-state index contributed by atoms with van der Waals surface area (Å²) in [6, 6.07) is 9.49. The van der Waals surface area contributed by atoms with Crippen LogP contribution < -0.4 is 16.1 Å². The van der Waals surface area contributed by atoms with Crippen molar-refractivity contribution in [1.29, 1.82) is 0 Å². The molecule has 10 heteroatoms. The molecule has 10 nitrogen and oxygen atoms in total. The largest absolute Gasteiger partial charge is 0.490 e. The van der Waals surface area contributed by atoms with Gasteiger partial charge in [-0.05, 0) is 12.1 Å². The van der Waals surface area contributed by atoms with Gasteiger partial charge in [0.1, 0.15) is 24.7 Å². The average molecular weight is 394 g/mol. The summed E-state index contributed by atoms with van der Waals surface area (Å²) in [5.41, 5.74) is 0.487. The smallest absolute Gasteiger partial charge is 0.437 e. The van der Waals surface area contributed by atoms with Crippen LogP contribution in [0.25, 0.3) is 11.2 Å². The molecule has 0 atom stereocenters. The number of hydrogen-bond donors (Lipinski definition) is 0. The minimum absolute atomic E-state index is 0.0197. The highest BCUT2D eigenvalue weighted by molar-refractivity contribution is 5.68. The number of nitrogens with zero attached hydrogens (tertiary/aromatic N) is 6. The van der Waals surface area contributed by atoms with Gasteiger partial charge in [-0.15, -0.1) is 5.10 Å². The van der Waals surface area contributed by atoms with E-state index < -0.39 is 5.76 Å². The van der Waals surface area contributed by atoms with E-state index in [-0.39, 0.29) is 30.1 Å². The lowest BCUT2D eigenvalue weighted by atomic mass is 9.89. The first kappa shape index (κ1) is 17.4. The second-order valence-electron chi connectivity index (χ2n) is 7.09. The molecule has 148 valence electrons. The van der Waals surface area contributed by atoms with Crippen LogP contribution in [0, 0.1) is 0 Å². The number of aromatic nitrogens is 6. The van der Waals surface area contributed by atoms with Gasteiger partial charge in [-0.3, -0.25) is 9.36 Å². The number of aryl methyl sites for hydroxylation is 1. The second-order valence-corrected chi connectivity index (χ2v) is 7.09. The van der Waals surface area contributed by atoms with Gasteiger partial charge in [0.05, 0.1) is 12.4 Å². The molecule has 5 rings (SSSR count). The average Bonchev–Trinajstić information content (AvgIpc) is 3.24. The van der Waals surface area contributed by atoms with Crippen molar-refractivity contribution in [3.05, 3.63) is 69.8 Å². The minimum Gasteiger partial charge on any atom is -0.490 e. The fourth-order valence-corrected chi connectivity index (χ4v) is 3.48. The molecule has 1 aliphatic carbocycles. The number of hydrogen-bond acceptors (Lipinski definition) is 7. The van der Waals surface area contributed by atoms with Crippen molar-refractivity contribution < 1.29 is 9.15 Å². The van der Waals surface area contributed by atoms with E-state index in [1.165, 1.54) is 21.9 Å². The summed E-state index contributed by atoms with van der Waals surface area (Å²) in [6.45, 7) is 0.0197. The molecule has 0 unspecified atom stereocenters. The number of benzene rings is 1. The van der Waals surface area contributed by atoms with Crippen LogP contribution in [0.2, 0.25) is 0 Å². The third-order valence-corrected chi connectivity index (χ3v) is 5.08. The van der Waals surface area contributed by atoms with Crippen LogP contribution in [0.15, 0.2) is 57.0 Å². The summed E-state index contributed by atoms with van der Waals surface area (Å²) in [5.74, 6) is 0.431. The summed E-state index contributed by atoms with van der Waals surface area (Å²) >= 11 is 0. The number of fused-ring (bicyclic) bond motifs is 1. The zero-order valence-electron chi connectivity index (χ0n) is 15.6. The van der Waals surface area contributed by atoms with Crippen molar-refractivity contribution in [3.63, 3.8) is 0 Å². The lowest BCUT2D eigenvalue weighted by molar-refractivity contribution is 0.0616. The standard InChI is InChI=1S/C19H18N6O4/c1-23-10-20-17-16(23)18(26)24(11-21-17)9-15-22-25(19(27)29-15)12-7-14(8-12)28-13-5-3-2-4-6-13/h2-6,10-12,14H,7-9H2,1H3/t12-,14-. The molecule has 3 heterocycles. The molecule has 1 saturated carbocycles. The molecule has 0 radical (unpaired) electrons. The van der Waals surface area contributed by atoms with E-state index >= 15 is 0 Å². The van der Waals surface area contributed by atoms with Gasteiger partial charge in [0, 0.05) is 19.9 Å². The zero-order valence-corrected chi connectivity index (χ0v) is 15.6. The molecule has 0 amide bonds. The Kier molecular flexibility index (Phi) is 4.04. The Balaban J connectivity index is 1.30. The molecule has 0 N–H and O–H groups in total. The van der Waals surface area contributed by atoms with Crippen molar-refractivity contribution in [1.82, 2.24) is 28.9 Å². The highest BCUT2D eigenvalue weighted by Gasteiger charge is 2.35. The number of rotatable bonds is 5. The van der Waals surface area contributed by atoms with Gasteiger partial charge < -0.3 is 13.7 Å². The number of imidazole rings is 1. The molecule has 1 fully saturated rings. The van der Waals surface area contributed by atoms with Gasteiger partial charge in [-0.2, -0.15) is 4.68 Å². The van der Waals surface area contributed by atoms with Crippen molar-refractivity contribution in [2.24, 2.45) is 7.05 Å². The Hall–Kier alpha value is -3.69. The molecule has 29 heavy (non-hydrogen) atoms. The predicted molar refractivity (Wildman–Crippen MR) is 102 cm³/mol. The van der Waals surface area contributed by atoms with E-state index in [9.17, 15) is 9.59 Å². The summed E-state index contributed by atoms with van der Waals surface area (Å²) in [4.78, 5) is 33.0. The molecule has 0 aliphatic heterocycles. The third-order valence-electron chi connectivity index (χ3n) is 5.08. The molecule has 1 aliphatic rings.